The Hall–Kier alpha value is -2.77. The smallest absolute Gasteiger partial charge is 0.253 e. The summed E-state index contributed by atoms with van der Waals surface area (Å²) in [5.41, 5.74) is 8.99. The molecule has 0 radical (unpaired) electrons. The standard InChI is InChI=1S/C21H25N5O2/c1-15-5-4-6-16(13-15)20(27)25-9-11-26(12-10-25)21(28)19-14-18(23-24-19)17-7-2-3-8-22-17/h2-8,13,18-19,23-24H,9-12,14H2,1H3. The first-order valence-corrected chi connectivity index (χ1v) is 9.68. The molecular formula is C21H25N5O2. The van der Waals surface area contributed by atoms with Gasteiger partial charge in [0.15, 0.2) is 0 Å². The Morgan fingerprint density at radius 2 is 1.79 bits per heavy atom. The van der Waals surface area contributed by atoms with Crippen molar-refractivity contribution in [1.29, 1.82) is 0 Å². The van der Waals surface area contributed by atoms with Gasteiger partial charge in [-0.15, -0.1) is 0 Å². The SMILES string of the molecule is Cc1cccc(C(=O)N2CCN(C(=O)C3CC(c4ccccn4)NN3)CC2)c1. The Morgan fingerprint density at radius 1 is 1.00 bits per heavy atom. The van der Waals surface area contributed by atoms with Gasteiger partial charge in [0, 0.05) is 37.9 Å². The fourth-order valence-electron chi connectivity index (χ4n) is 3.81. The second kappa shape index (κ2) is 8.08. The topological polar surface area (TPSA) is 77.6 Å². The normalized spacial score (nSPS) is 22.3. The van der Waals surface area contributed by atoms with Gasteiger partial charge in [0.2, 0.25) is 5.91 Å². The number of carbonyl (C=O) groups is 2. The number of hydrazine groups is 1. The van der Waals surface area contributed by atoms with Crippen LogP contribution in [-0.2, 0) is 4.79 Å². The van der Waals surface area contributed by atoms with Gasteiger partial charge < -0.3 is 9.80 Å². The van der Waals surface area contributed by atoms with E-state index in [0.717, 1.165) is 11.3 Å². The highest BCUT2D eigenvalue weighted by molar-refractivity contribution is 5.94. The van der Waals surface area contributed by atoms with E-state index in [-0.39, 0.29) is 23.9 Å². The molecule has 0 aliphatic carbocycles. The number of benzene rings is 1. The molecule has 2 aromatic rings. The zero-order valence-electron chi connectivity index (χ0n) is 16.0. The molecular weight excluding hydrogens is 354 g/mol. The highest BCUT2D eigenvalue weighted by Gasteiger charge is 2.35. The lowest BCUT2D eigenvalue weighted by Gasteiger charge is -2.36. The maximum absolute atomic E-state index is 12.9. The Kier molecular flexibility index (Phi) is 5.36. The molecule has 2 unspecified atom stereocenters. The maximum Gasteiger partial charge on any atom is 0.253 e. The molecule has 7 nitrogen and oxygen atoms in total. The van der Waals surface area contributed by atoms with E-state index >= 15 is 0 Å². The first-order chi connectivity index (χ1) is 13.6. The van der Waals surface area contributed by atoms with Gasteiger partial charge in [0.25, 0.3) is 5.91 Å². The monoisotopic (exact) mass is 379 g/mol. The summed E-state index contributed by atoms with van der Waals surface area (Å²) >= 11 is 0. The lowest BCUT2D eigenvalue weighted by Crippen LogP contribution is -2.54. The first kappa shape index (κ1) is 18.6. The molecule has 0 spiro atoms. The van der Waals surface area contributed by atoms with Gasteiger partial charge >= 0.3 is 0 Å². The average molecular weight is 379 g/mol. The van der Waals surface area contributed by atoms with Crippen LogP contribution in [0.2, 0.25) is 0 Å². The summed E-state index contributed by atoms with van der Waals surface area (Å²) < 4.78 is 0. The predicted octanol–water partition coefficient (Wildman–Crippen LogP) is 1.28. The summed E-state index contributed by atoms with van der Waals surface area (Å²) in [7, 11) is 0. The van der Waals surface area contributed by atoms with Crippen molar-refractivity contribution in [2.75, 3.05) is 26.2 Å². The maximum atomic E-state index is 12.9. The van der Waals surface area contributed by atoms with E-state index in [1.807, 2.05) is 59.2 Å². The second-order valence-electron chi connectivity index (χ2n) is 7.37. The van der Waals surface area contributed by atoms with Crippen molar-refractivity contribution < 1.29 is 9.59 Å². The first-order valence-electron chi connectivity index (χ1n) is 9.68. The number of rotatable bonds is 3. The third kappa shape index (κ3) is 3.90. The van der Waals surface area contributed by atoms with Crippen LogP contribution >= 0.6 is 0 Å². The van der Waals surface area contributed by atoms with Gasteiger partial charge in [0.05, 0.1) is 11.7 Å². The zero-order chi connectivity index (χ0) is 19.5. The van der Waals surface area contributed by atoms with E-state index in [1.165, 1.54) is 0 Å². The van der Waals surface area contributed by atoms with E-state index < -0.39 is 0 Å². The summed E-state index contributed by atoms with van der Waals surface area (Å²) in [5, 5.41) is 0. The molecule has 0 saturated carbocycles. The summed E-state index contributed by atoms with van der Waals surface area (Å²) in [6, 6.07) is 13.2. The lowest BCUT2D eigenvalue weighted by atomic mass is 10.1. The molecule has 3 heterocycles. The Balaban J connectivity index is 1.31. The third-order valence-electron chi connectivity index (χ3n) is 5.39. The minimum absolute atomic E-state index is 0.0272. The number of carbonyl (C=O) groups excluding carboxylic acids is 2. The number of piperazine rings is 1. The molecule has 2 aliphatic rings. The Bertz CT molecular complexity index is 849. The van der Waals surface area contributed by atoms with E-state index in [4.69, 9.17) is 0 Å². The van der Waals surface area contributed by atoms with Crippen molar-refractivity contribution in [1.82, 2.24) is 25.6 Å². The minimum Gasteiger partial charge on any atom is -0.338 e. The highest BCUT2D eigenvalue weighted by atomic mass is 16.2. The van der Waals surface area contributed by atoms with Crippen molar-refractivity contribution in [3.05, 3.63) is 65.5 Å². The molecule has 28 heavy (non-hydrogen) atoms. The fraction of sp³-hybridized carbons (Fsp3) is 0.381. The van der Waals surface area contributed by atoms with Crippen LogP contribution in [0.5, 0.6) is 0 Å². The van der Waals surface area contributed by atoms with Crippen molar-refractivity contribution in [3.63, 3.8) is 0 Å². The molecule has 2 fully saturated rings. The zero-order valence-corrected chi connectivity index (χ0v) is 16.0. The number of aromatic nitrogens is 1. The molecule has 2 atom stereocenters. The number of hydrogen-bond acceptors (Lipinski definition) is 5. The number of hydrogen-bond donors (Lipinski definition) is 2. The summed E-state index contributed by atoms with van der Waals surface area (Å²) in [6.45, 7) is 4.21. The van der Waals surface area contributed by atoms with Crippen molar-refractivity contribution in [2.45, 2.75) is 25.4 Å². The summed E-state index contributed by atoms with van der Waals surface area (Å²) in [6.07, 6.45) is 2.43. The van der Waals surface area contributed by atoms with Gasteiger partial charge in [-0.1, -0.05) is 23.8 Å². The van der Waals surface area contributed by atoms with E-state index in [9.17, 15) is 9.59 Å². The Labute approximate surface area is 164 Å². The van der Waals surface area contributed by atoms with Crippen LogP contribution < -0.4 is 10.9 Å². The van der Waals surface area contributed by atoms with Crippen molar-refractivity contribution in [2.24, 2.45) is 0 Å². The molecule has 146 valence electrons. The van der Waals surface area contributed by atoms with E-state index in [1.54, 1.807) is 6.20 Å². The largest absolute Gasteiger partial charge is 0.338 e. The molecule has 1 aromatic carbocycles. The van der Waals surface area contributed by atoms with Crippen LogP contribution in [0.25, 0.3) is 0 Å². The van der Waals surface area contributed by atoms with Gasteiger partial charge in [0.1, 0.15) is 6.04 Å². The van der Waals surface area contributed by atoms with Crippen molar-refractivity contribution in [3.8, 4) is 0 Å². The van der Waals surface area contributed by atoms with Gasteiger partial charge in [-0.25, -0.2) is 10.9 Å². The van der Waals surface area contributed by atoms with E-state index in [2.05, 4.69) is 15.8 Å². The minimum atomic E-state index is -0.272. The van der Waals surface area contributed by atoms with Gasteiger partial charge in [-0.3, -0.25) is 14.6 Å². The second-order valence-corrected chi connectivity index (χ2v) is 7.37. The highest BCUT2D eigenvalue weighted by Crippen LogP contribution is 2.21. The number of aryl methyl sites for hydroxylation is 1. The third-order valence-corrected chi connectivity index (χ3v) is 5.39. The van der Waals surface area contributed by atoms with Gasteiger partial charge in [-0.05, 0) is 37.6 Å². The summed E-state index contributed by atoms with van der Waals surface area (Å²) in [5.74, 6) is 0.111. The van der Waals surface area contributed by atoms with E-state index in [0.29, 0.717) is 38.2 Å². The van der Waals surface area contributed by atoms with Crippen LogP contribution in [0.4, 0.5) is 0 Å². The number of pyridine rings is 1. The van der Waals surface area contributed by atoms with Crippen molar-refractivity contribution >= 4 is 11.8 Å². The number of nitrogens with one attached hydrogen (secondary N) is 2. The van der Waals surface area contributed by atoms with Crippen LogP contribution in [-0.4, -0.2) is 58.8 Å². The molecule has 2 N–H and O–H groups in total. The number of amides is 2. The average Bonchev–Trinajstić information content (AvgIpc) is 3.24. The molecule has 2 saturated heterocycles. The van der Waals surface area contributed by atoms with Crippen LogP contribution in [0, 0.1) is 6.92 Å². The predicted molar refractivity (Wildman–Crippen MR) is 105 cm³/mol. The van der Waals surface area contributed by atoms with Crippen LogP contribution in [0.3, 0.4) is 0 Å². The van der Waals surface area contributed by atoms with Crippen LogP contribution in [0.1, 0.15) is 34.1 Å². The number of nitrogens with zero attached hydrogens (tertiary/aromatic N) is 3. The molecule has 7 heteroatoms. The fourth-order valence-corrected chi connectivity index (χ4v) is 3.81. The van der Waals surface area contributed by atoms with Crippen LogP contribution in [0.15, 0.2) is 48.7 Å². The molecule has 1 aromatic heterocycles. The summed E-state index contributed by atoms with van der Waals surface area (Å²) in [4.78, 5) is 33.6. The molecule has 0 bridgehead atoms. The van der Waals surface area contributed by atoms with Gasteiger partial charge in [-0.2, -0.15) is 0 Å². The molecule has 2 aliphatic heterocycles. The molecule has 4 rings (SSSR count). The Morgan fingerprint density at radius 3 is 2.50 bits per heavy atom. The molecule has 2 amide bonds. The quantitative estimate of drug-likeness (QED) is 0.840. The lowest BCUT2D eigenvalue weighted by molar-refractivity contribution is -0.134.